The van der Waals surface area contributed by atoms with Crippen molar-refractivity contribution in [2.45, 2.75) is 52.5 Å². The van der Waals surface area contributed by atoms with Crippen molar-refractivity contribution in [3.8, 4) is 0 Å². The average molecular weight is 400 g/mol. The zero-order chi connectivity index (χ0) is 21.0. The molecule has 29 heavy (non-hydrogen) atoms. The average Bonchev–Trinajstić information content (AvgIpc) is 3.19. The lowest BCUT2D eigenvalue weighted by Gasteiger charge is -2.37. The molecular weight excluding hydrogens is 362 g/mol. The van der Waals surface area contributed by atoms with Crippen LogP contribution in [0.25, 0.3) is 0 Å². The summed E-state index contributed by atoms with van der Waals surface area (Å²) in [4.78, 5) is 19.5. The maximum Gasteiger partial charge on any atom is 0.223 e. The first-order chi connectivity index (χ1) is 13.8. The Bertz CT molecular complexity index is 743. The first-order valence-electron chi connectivity index (χ1n) is 10.9. The molecule has 1 amide bonds. The number of piperazine rings is 1. The smallest absolute Gasteiger partial charge is 0.223 e. The normalized spacial score (nSPS) is 20.2. The van der Waals surface area contributed by atoms with Gasteiger partial charge in [0.05, 0.1) is 7.11 Å². The molecule has 3 rings (SSSR count). The van der Waals surface area contributed by atoms with Crippen molar-refractivity contribution in [2.75, 3.05) is 46.4 Å². The van der Waals surface area contributed by atoms with E-state index in [0.717, 1.165) is 58.0 Å². The number of carbonyl (C=O) groups is 1. The van der Waals surface area contributed by atoms with Crippen LogP contribution in [0.4, 0.5) is 0 Å². The standard InChI is InChI=1S/C24H37N3O2/c1-19-8-6-7-9-20(19)10-11-22(28)25-14-16-26(17-15-25)23(29-5)21-12-13-27(18-21)24(2,3)4/h6-9H,10-18H2,1-5H3/b23-21+. The Balaban J connectivity index is 1.53. The summed E-state index contributed by atoms with van der Waals surface area (Å²) in [5.41, 5.74) is 4.11. The quantitative estimate of drug-likeness (QED) is 0.711. The van der Waals surface area contributed by atoms with E-state index in [1.54, 1.807) is 7.11 Å². The number of likely N-dealkylation sites (tertiary alicyclic amines) is 1. The summed E-state index contributed by atoms with van der Waals surface area (Å²) >= 11 is 0. The SMILES string of the molecule is CO/C(=C1\CCN(C(C)(C)C)C1)N1CCN(C(=O)CCc2ccccc2C)CC1. The topological polar surface area (TPSA) is 36.0 Å². The van der Waals surface area contributed by atoms with Crippen molar-refractivity contribution in [1.82, 2.24) is 14.7 Å². The van der Waals surface area contributed by atoms with E-state index < -0.39 is 0 Å². The molecule has 1 aromatic rings. The van der Waals surface area contributed by atoms with E-state index in [2.05, 4.69) is 55.7 Å². The molecule has 2 aliphatic heterocycles. The molecule has 0 saturated carbocycles. The highest BCUT2D eigenvalue weighted by Gasteiger charge is 2.31. The third kappa shape index (κ3) is 5.33. The van der Waals surface area contributed by atoms with Crippen LogP contribution in [0.1, 0.15) is 44.7 Å². The predicted molar refractivity (Wildman–Crippen MR) is 118 cm³/mol. The molecule has 2 aliphatic rings. The number of carbonyl (C=O) groups excluding carboxylic acids is 1. The van der Waals surface area contributed by atoms with Crippen molar-refractivity contribution in [3.05, 3.63) is 46.8 Å². The van der Waals surface area contributed by atoms with Gasteiger partial charge in [-0.3, -0.25) is 9.69 Å². The largest absolute Gasteiger partial charge is 0.482 e. The van der Waals surface area contributed by atoms with Crippen LogP contribution >= 0.6 is 0 Å². The number of rotatable bonds is 5. The molecule has 0 aromatic heterocycles. The Morgan fingerprint density at radius 1 is 1.03 bits per heavy atom. The number of methoxy groups -OCH3 is 1. The number of ether oxygens (including phenoxy) is 1. The highest BCUT2D eigenvalue weighted by molar-refractivity contribution is 5.76. The Labute approximate surface area is 176 Å². The summed E-state index contributed by atoms with van der Waals surface area (Å²) < 4.78 is 5.82. The molecule has 2 saturated heterocycles. The van der Waals surface area contributed by atoms with Gasteiger partial charge in [-0.05, 0) is 51.7 Å². The Kier molecular flexibility index (Phi) is 6.89. The Hall–Kier alpha value is -2.01. The number of nitrogens with zero attached hydrogens (tertiary/aromatic N) is 3. The van der Waals surface area contributed by atoms with Gasteiger partial charge in [-0.25, -0.2) is 0 Å². The van der Waals surface area contributed by atoms with E-state index in [1.165, 1.54) is 16.7 Å². The second kappa shape index (κ2) is 9.21. The summed E-state index contributed by atoms with van der Waals surface area (Å²) in [6.07, 6.45) is 2.47. The fraction of sp³-hybridized carbons (Fsp3) is 0.625. The van der Waals surface area contributed by atoms with Crippen LogP contribution in [0.15, 0.2) is 35.7 Å². The lowest BCUT2D eigenvalue weighted by Crippen LogP contribution is -2.48. The molecule has 0 radical (unpaired) electrons. The number of aryl methyl sites for hydroxylation is 2. The van der Waals surface area contributed by atoms with Crippen LogP contribution in [0.3, 0.4) is 0 Å². The first kappa shape index (κ1) is 21.7. The van der Waals surface area contributed by atoms with E-state index in [4.69, 9.17) is 4.74 Å². The fourth-order valence-corrected chi connectivity index (χ4v) is 4.35. The molecule has 1 aromatic carbocycles. The van der Waals surface area contributed by atoms with Gasteiger partial charge in [0.25, 0.3) is 0 Å². The maximum absolute atomic E-state index is 12.7. The van der Waals surface area contributed by atoms with Crippen molar-refractivity contribution in [3.63, 3.8) is 0 Å². The van der Waals surface area contributed by atoms with E-state index in [9.17, 15) is 4.79 Å². The summed E-state index contributed by atoms with van der Waals surface area (Å²) in [7, 11) is 1.78. The monoisotopic (exact) mass is 399 g/mol. The zero-order valence-corrected chi connectivity index (χ0v) is 18.8. The van der Waals surface area contributed by atoms with Gasteiger partial charge in [-0.1, -0.05) is 24.3 Å². The van der Waals surface area contributed by atoms with Gasteiger partial charge >= 0.3 is 0 Å². The van der Waals surface area contributed by atoms with Crippen molar-refractivity contribution in [2.24, 2.45) is 0 Å². The minimum atomic E-state index is 0.183. The summed E-state index contributed by atoms with van der Waals surface area (Å²) in [5.74, 6) is 1.29. The van der Waals surface area contributed by atoms with Crippen LogP contribution < -0.4 is 0 Å². The van der Waals surface area contributed by atoms with Gasteiger partial charge in [0, 0.05) is 56.8 Å². The second-order valence-corrected chi connectivity index (χ2v) is 9.25. The molecular formula is C24H37N3O2. The van der Waals surface area contributed by atoms with E-state index >= 15 is 0 Å². The van der Waals surface area contributed by atoms with E-state index in [1.807, 2.05) is 11.0 Å². The first-order valence-corrected chi connectivity index (χ1v) is 10.9. The molecule has 0 spiro atoms. The summed E-state index contributed by atoms with van der Waals surface area (Å²) in [6, 6.07) is 8.34. The molecule has 0 aliphatic carbocycles. The lowest BCUT2D eigenvalue weighted by molar-refractivity contribution is -0.133. The van der Waals surface area contributed by atoms with Crippen molar-refractivity contribution in [1.29, 1.82) is 0 Å². The Morgan fingerprint density at radius 3 is 2.28 bits per heavy atom. The maximum atomic E-state index is 12.7. The molecule has 0 unspecified atom stereocenters. The van der Waals surface area contributed by atoms with E-state index in [0.29, 0.717) is 6.42 Å². The molecule has 2 fully saturated rings. The fourth-order valence-electron chi connectivity index (χ4n) is 4.35. The van der Waals surface area contributed by atoms with Gasteiger partial charge in [0.2, 0.25) is 5.91 Å². The van der Waals surface area contributed by atoms with Crippen molar-refractivity contribution < 1.29 is 9.53 Å². The van der Waals surface area contributed by atoms with Gasteiger partial charge in [0.15, 0.2) is 5.88 Å². The highest BCUT2D eigenvalue weighted by Crippen LogP contribution is 2.28. The van der Waals surface area contributed by atoms with Crippen LogP contribution in [0, 0.1) is 6.92 Å². The van der Waals surface area contributed by atoms with Crippen LogP contribution in [0.2, 0.25) is 0 Å². The molecule has 0 N–H and O–H groups in total. The summed E-state index contributed by atoms with van der Waals surface area (Å²) in [5, 5.41) is 0. The molecule has 0 atom stereocenters. The van der Waals surface area contributed by atoms with Gasteiger partial charge < -0.3 is 14.5 Å². The molecule has 0 bridgehead atoms. The number of hydrogen-bond acceptors (Lipinski definition) is 4. The number of hydrogen-bond donors (Lipinski definition) is 0. The number of benzene rings is 1. The highest BCUT2D eigenvalue weighted by atomic mass is 16.5. The predicted octanol–water partition coefficient (Wildman–Crippen LogP) is 3.43. The molecule has 160 valence electrons. The van der Waals surface area contributed by atoms with E-state index in [-0.39, 0.29) is 11.4 Å². The Morgan fingerprint density at radius 2 is 1.69 bits per heavy atom. The zero-order valence-electron chi connectivity index (χ0n) is 18.8. The molecule has 5 nitrogen and oxygen atoms in total. The third-order valence-electron chi connectivity index (χ3n) is 6.30. The van der Waals surface area contributed by atoms with Crippen molar-refractivity contribution >= 4 is 5.91 Å². The molecule has 5 heteroatoms. The minimum absolute atomic E-state index is 0.183. The van der Waals surface area contributed by atoms with Gasteiger partial charge in [-0.2, -0.15) is 0 Å². The lowest BCUT2D eigenvalue weighted by atomic mass is 10.0. The summed E-state index contributed by atoms with van der Waals surface area (Å²) in [6.45, 7) is 14.2. The van der Waals surface area contributed by atoms with Crippen LogP contribution in [-0.2, 0) is 16.0 Å². The minimum Gasteiger partial charge on any atom is -0.482 e. The van der Waals surface area contributed by atoms with Crippen LogP contribution in [0.5, 0.6) is 0 Å². The third-order valence-corrected chi connectivity index (χ3v) is 6.30. The number of amides is 1. The second-order valence-electron chi connectivity index (χ2n) is 9.25. The molecule has 2 heterocycles. The van der Waals surface area contributed by atoms with Gasteiger partial charge in [-0.15, -0.1) is 0 Å². The van der Waals surface area contributed by atoms with Gasteiger partial charge in [0.1, 0.15) is 0 Å². The van der Waals surface area contributed by atoms with Crippen LogP contribution in [-0.4, -0.2) is 72.5 Å².